The SMILES string of the molecule is CCN(Cc1ccccc1C)C(C)CS(=O)(=O)CC. The molecule has 1 aromatic carbocycles. The number of hydrogen-bond acceptors (Lipinski definition) is 3. The number of hydrogen-bond donors (Lipinski definition) is 0. The highest BCUT2D eigenvalue weighted by Crippen LogP contribution is 2.13. The number of nitrogens with zero attached hydrogens (tertiary/aromatic N) is 1. The van der Waals surface area contributed by atoms with E-state index in [1.807, 2.05) is 19.1 Å². The zero-order valence-corrected chi connectivity index (χ0v) is 13.2. The van der Waals surface area contributed by atoms with Gasteiger partial charge in [-0.2, -0.15) is 0 Å². The van der Waals surface area contributed by atoms with Crippen LogP contribution in [0, 0.1) is 6.92 Å². The van der Waals surface area contributed by atoms with Gasteiger partial charge < -0.3 is 0 Å². The molecule has 0 aliphatic rings. The third-order valence-corrected chi connectivity index (χ3v) is 5.47. The standard InChI is InChI=1S/C15H25NO2S/c1-5-16(14(4)12-19(17,18)6-2)11-15-10-8-7-9-13(15)3/h7-10,14H,5-6,11-12H2,1-4H3. The van der Waals surface area contributed by atoms with E-state index in [4.69, 9.17) is 0 Å². The summed E-state index contributed by atoms with van der Waals surface area (Å²) in [5.41, 5.74) is 2.52. The molecule has 0 heterocycles. The van der Waals surface area contributed by atoms with Crippen LogP contribution in [0.3, 0.4) is 0 Å². The van der Waals surface area contributed by atoms with Gasteiger partial charge in [0, 0.05) is 18.3 Å². The molecule has 1 unspecified atom stereocenters. The zero-order chi connectivity index (χ0) is 14.5. The molecule has 0 aliphatic carbocycles. The summed E-state index contributed by atoms with van der Waals surface area (Å²) in [5.74, 6) is 0.461. The van der Waals surface area contributed by atoms with E-state index in [1.165, 1.54) is 11.1 Å². The summed E-state index contributed by atoms with van der Waals surface area (Å²) in [5, 5.41) is 0. The third-order valence-electron chi connectivity index (χ3n) is 3.60. The average Bonchev–Trinajstić information content (AvgIpc) is 2.37. The fourth-order valence-electron chi connectivity index (χ4n) is 2.18. The van der Waals surface area contributed by atoms with Gasteiger partial charge in [0.15, 0.2) is 9.84 Å². The Morgan fingerprint density at radius 3 is 2.37 bits per heavy atom. The predicted molar refractivity (Wildman–Crippen MR) is 81.1 cm³/mol. The first-order chi connectivity index (χ1) is 8.89. The predicted octanol–water partition coefficient (Wildman–Crippen LogP) is 2.64. The molecule has 0 radical (unpaired) electrons. The van der Waals surface area contributed by atoms with Crippen LogP contribution in [0.5, 0.6) is 0 Å². The summed E-state index contributed by atoms with van der Waals surface area (Å²) in [6.07, 6.45) is 0. The normalized spacial score (nSPS) is 13.7. The first-order valence-electron chi connectivity index (χ1n) is 6.88. The molecule has 0 fully saturated rings. The van der Waals surface area contributed by atoms with E-state index in [9.17, 15) is 8.42 Å². The van der Waals surface area contributed by atoms with E-state index in [1.54, 1.807) is 6.92 Å². The van der Waals surface area contributed by atoms with E-state index in [-0.39, 0.29) is 17.5 Å². The minimum absolute atomic E-state index is 0.0505. The lowest BCUT2D eigenvalue weighted by Gasteiger charge is -2.28. The van der Waals surface area contributed by atoms with Gasteiger partial charge in [0.2, 0.25) is 0 Å². The molecule has 3 nitrogen and oxygen atoms in total. The fraction of sp³-hybridized carbons (Fsp3) is 0.600. The Morgan fingerprint density at radius 1 is 1.21 bits per heavy atom. The molecular formula is C15H25NO2S. The van der Waals surface area contributed by atoms with Gasteiger partial charge in [-0.25, -0.2) is 8.42 Å². The van der Waals surface area contributed by atoms with Crippen LogP contribution in [0.15, 0.2) is 24.3 Å². The maximum absolute atomic E-state index is 11.7. The Kier molecular flexibility index (Phi) is 6.01. The van der Waals surface area contributed by atoms with Gasteiger partial charge in [-0.15, -0.1) is 0 Å². The van der Waals surface area contributed by atoms with Crippen molar-refractivity contribution < 1.29 is 8.42 Å². The minimum atomic E-state index is -2.92. The largest absolute Gasteiger partial charge is 0.296 e. The van der Waals surface area contributed by atoms with Gasteiger partial charge in [0.1, 0.15) is 0 Å². The second-order valence-corrected chi connectivity index (χ2v) is 7.44. The molecule has 0 aromatic heterocycles. The lowest BCUT2D eigenvalue weighted by atomic mass is 10.1. The molecule has 0 saturated heterocycles. The summed E-state index contributed by atoms with van der Waals surface area (Å²) < 4.78 is 23.4. The van der Waals surface area contributed by atoms with Crippen molar-refractivity contribution in [3.63, 3.8) is 0 Å². The van der Waals surface area contributed by atoms with Gasteiger partial charge in [-0.05, 0) is 31.5 Å². The molecule has 4 heteroatoms. The van der Waals surface area contributed by atoms with Crippen molar-refractivity contribution in [3.05, 3.63) is 35.4 Å². The monoisotopic (exact) mass is 283 g/mol. The van der Waals surface area contributed by atoms with Crippen LogP contribution >= 0.6 is 0 Å². The Hall–Kier alpha value is -0.870. The fourth-order valence-corrected chi connectivity index (χ4v) is 3.36. The zero-order valence-electron chi connectivity index (χ0n) is 12.4. The molecule has 0 amide bonds. The first kappa shape index (κ1) is 16.2. The van der Waals surface area contributed by atoms with Crippen molar-refractivity contribution in [1.82, 2.24) is 4.90 Å². The van der Waals surface area contributed by atoms with Crippen LogP contribution < -0.4 is 0 Å². The summed E-state index contributed by atoms with van der Waals surface area (Å²) in [6.45, 7) is 9.54. The quantitative estimate of drug-likeness (QED) is 0.772. The van der Waals surface area contributed by atoms with Crippen molar-refractivity contribution in [2.24, 2.45) is 0 Å². The van der Waals surface area contributed by atoms with Crippen molar-refractivity contribution in [2.75, 3.05) is 18.1 Å². The minimum Gasteiger partial charge on any atom is -0.296 e. The Labute approximate surface area is 117 Å². The smallest absolute Gasteiger partial charge is 0.151 e. The van der Waals surface area contributed by atoms with Crippen molar-refractivity contribution in [1.29, 1.82) is 0 Å². The molecule has 0 N–H and O–H groups in total. The van der Waals surface area contributed by atoms with Crippen LogP contribution in [0.1, 0.15) is 31.9 Å². The van der Waals surface area contributed by atoms with E-state index in [2.05, 4.69) is 30.9 Å². The third kappa shape index (κ3) is 4.96. The number of sulfone groups is 1. The lowest BCUT2D eigenvalue weighted by Crippen LogP contribution is -2.38. The number of rotatable bonds is 7. The number of aryl methyl sites for hydroxylation is 1. The van der Waals surface area contributed by atoms with Gasteiger partial charge >= 0.3 is 0 Å². The second-order valence-electron chi connectivity index (χ2n) is 5.04. The molecule has 0 aliphatic heterocycles. The van der Waals surface area contributed by atoms with Gasteiger partial charge in [-0.3, -0.25) is 4.90 Å². The molecule has 0 spiro atoms. The average molecular weight is 283 g/mol. The van der Waals surface area contributed by atoms with Gasteiger partial charge in [0.25, 0.3) is 0 Å². The molecule has 108 valence electrons. The van der Waals surface area contributed by atoms with Crippen LogP contribution in [0.4, 0.5) is 0 Å². The molecular weight excluding hydrogens is 258 g/mol. The summed E-state index contributed by atoms with van der Waals surface area (Å²) in [7, 11) is -2.92. The van der Waals surface area contributed by atoms with Crippen LogP contribution in [-0.4, -0.2) is 37.4 Å². The van der Waals surface area contributed by atoms with Crippen molar-refractivity contribution >= 4 is 9.84 Å². The van der Waals surface area contributed by atoms with Crippen LogP contribution in [-0.2, 0) is 16.4 Å². The summed E-state index contributed by atoms with van der Waals surface area (Å²) >= 11 is 0. The molecule has 0 saturated carbocycles. The van der Waals surface area contributed by atoms with Crippen LogP contribution in [0.25, 0.3) is 0 Å². The molecule has 19 heavy (non-hydrogen) atoms. The Bertz CT molecular complexity index is 497. The number of benzene rings is 1. The topological polar surface area (TPSA) is 37.4 Å². The van der Waals surface area contributed by atoms with E-state index in [0.717, 1.165) is 13.1 Å². The van der Waals surface area contributed by atoms with Gasteiger partial charge in [0.05, 0.1) is 5.75 Å². The lowest BCUT2D eigenvalue weighted by molar-refractivity contribution is 0.226. The highest BCUT2D eigenvalue weighted by atomic mass is 32.2. The Balaban J connectivity index is 2.76. The molecule has 1 rings (SSSR count). The maximum Gasteiger partial charge on any atom is 0.151 e. The van der Waals surface area contributed by atoms with E-state index >= 15 is 0 Å². The highest BCUT2D eigenvalue weighted by molar-refractivity contribution is 7.91. The Morgan fingerprint density at radius 2 is 1.84 bits per heavy atom. The van der Waals surface area contributed by atoms with E-state index in [0.29, 0.717) is 0 Å². The first-order valence-corrected chi connectivity index (χ1v) is 8.70. The molecule has 1 atom stereocenters. The summed E-state index contributed by atoms with van der Waals surface area (Å²) in [6, 6.07) is 8.31. The maximum atomic E-state index is 11.7. The van der Waals surface area contributed by atoms with Gasteiger partial charge in [-0.1, -0.05) is 38.1 Å². The summed E-state index contributed by atoms with van der Waals surface area (Å²) in [4.78, 5) is 2.22. The van der Waals surface area contributed by atoms with Crippen LogP contribution in [0.2, 0.25) is 0 Å². The molecule has 1 aromatic rings. The van der Waals surface area contributed by atoms with Crippen molar-refractivity contribution in [2.45, 2.75) is 40.3 Å². The molecule has 0 bridgehead atoms. The van der Waals surface area contributed by atoms with Crippen molar-refractivity contribution in [3.8, 4) is 0 Å². The second kappa shape index (κ2) is 7.06. The highest BCUT2D eigenvalue weighted by Gasteiger charge is 2.19. The van der Waals surface area contributed by atoms with E-state index < -0.39 is 9.84 Å².